The summed E-state index contributed by atoms with van der Waals surface area (Å²) < 4.78 is 5.06. The molecule has 0 radical (unpaired) electrons. The molecule has 1 aliphatic rings. The first kappa shape index (κ1) is 18.8. The van der Waals surface area contributed by atoms with E-state index in [0.29, 0.717) is 29.1 Å². The van der Waals surface area contributed by atoms with Crippen LogP contribution in [0.4, 0.5) is 0 Å². The summed E-state index contributed by atoms with van der Waals surface area (Å²) in [4.78, 5) is 27.5. The first-order chi connectivity index (χ1) is 12.0. The van der Waals surface area contributed by atoms with Crippen molar-refractivity contribution in [1.82, 2.24) is 10.3 Å². The molecule has 1 amide bonds. The molecule has 0 aromatic carbocycles. The zero-order valence-corrected chi connectivity index (χ0v) is 15.1. The summed E-state index contributed by atoms with van der Waals surface area (Å²) >= 11 is 0. The molecule has 1 aromatic heterocycles. The van der Waals surface area contributed by atoms with Crippen LogP contribution >= 0.6 is 0 Å². The Morgan fingerprint density at radius 3 is 2.60 bits per heavy atom. The average molecular weight is 343 g/mol. The number of aromatic amines is 1. The SMILES string of the molecule is CCOC(=O)c1c(C)[nH]c(/C=C(\C#N)C(=O)NC2CCCCC2)c1C. The molecule has 1 heterocycles. The highest BCUT2D eigenvalue weighted by molar-refractivity contribution is 6.02. The van der Waals surface area contributed by atoms with Crippen molar-refractivity contribution in [3.63, 3.8) is 0 Å². The third kappa shape index (κ3) is 4.50. The lowest BCUT2D eigenvalue weighted by Crippen LogP contribution is -2.36. The van der Waals surface area contributed by atoms with E-state index in [1.54, 1.807) is 20.8 Å². The number of H-pyrrole nitrogens is 1. The number of carbonyl (C=O) groups excluding carboxylic acids is 2. The Morgan fingerprint density at radius 1 is 1.32 bits per heavy atom. The molecule has 2 rings (SSSR count). The van der Waals surface area contributed by atoms with Crippen LogP contribution in [0.3, 0.4) is 0 Å². The van der Waals surface area contributed by atoms with Gasteiger partial charge in [-0.2, -0.15) is 5.26 Å². The second-order valence-corrected chi connectivity index (χ2v) is 6.36. The first-order valence-corrected chi connectivity index (χ1v) is 8.76. The van der Waals surface area contributed by atoms with Crippen LogP contribution in [0.5, 0.6) is 0 Å². The molecular weight excluding hydrogens is 318 g/mol. The Labute approximate surface area is 148 Å². The third-order valence-electron chi connectivity index (χ3n) is 4.55. The fraction of sp³-hybridized carbons (Fsp3) is 0.526. The van der Waals surface area contributed by atoms with E-state index in [-0.39, 0.29) is 17.5 Å². The van der Waals surface area contributed by atoms with Gasteiger partial charge in [-0.3, -0.25) is 4.79 Å². The van der Waals surface area contributed by atoms with Gasteiger partial charge in [0.2, 0.25) is 0 Å². The van der Waals surface area contributed by atoms with Crippen LogP contribution in [0, 0.1) is 25.2 Å². The second-order valence-electron chi connectivity index (χ2n) is 6.36. The van der Waals surface area contributed by atoms with E-state index < -0.39 is 5.97 Å². The highest BCUT2D eigenvalue weighted by atomic mass is 16.5. The maximum atomic E-state index is 12.4. The van der Waals surface area contributed by atoms with Crippen molar-refractivity contribution >= 4 is 18.0 Å². The Balaban J connectivity index is 2.21. The molecule has 1 aliphatic carbocycles. The smallest absolute Gasteiger partial charge is 0.340 e. The number of aromatic nitrogens is 1. The normalized spacial score (nSPS) is 15.5. The van der Waals surface area contributed by atoms with E-state index >= 15 is 0 Å². The molecule has 1 fully saturated rings. The van der Waals surface area contributed by atoms with Crippen LogP contribution in [-0.2, 0) is 9.53 Å². The minimum absolute atomic E-state index is 0.0327. The lowest BCUT2D eigenvalue weighted by molar-refractivity contribution is -0.117. The maximum absolute atomic E-state index is 12.4. The zero-order chi connectivity index (χ0) is 18.4. The van der Waals surface area contributed by atoms with Crippen LogP contribution in [0.2, 0.25) is 0 Å². The van der Waals surface area contributed by atoms with Gasteiger partial charge in [0.25, 0.3) is 5.91 Å². The molecule has 1 saturated carbocycles. The van der Waals surface area contributed by atoms with Crippen molar-refractivity contribution in [3.05, 3.63) is 28.1 Å². The number of carbonyl (C=O) groups is 2. The van der Waals surface area contributed by atoms with Gasteiger partial charge < -0.3 is 15.0 Å². The van der Waals surface area contributed by atoms with Crippen LogP contribution in [0.1, 0.15) is 66.3 Å². The second kappa shape index (κ2) is 8.52. The number of rotatable bonds is 5. The van der Waals surface area contributed by atoms with Gasteiger partial charge in [0.05, 0.1) is 12.2 Å². The van der Waals surface area contributed by atoms with Crippen molar-refractivity contribution in [1.29, 1.82) is 5.26 Å². The molecule has 134 valence electrons. The molecular formula is C19H25N3O3. The van der Waals surface area contributed by atoms with Crippen molar-refractivity contribution < 1.29 is 14.3 Å². The van der Waals surface area contributed by atoms with Gasteiger partial charge in [-0.25, -0.2) is 4.79 Å². The predicted molar refractivity (Wildman–Crippen MR) is 94.8 cm³/mol. The number of nitriles is 1. The van der Waals surface area contributed by atoms with Crippen LogP contribution < -0.4 is 5.32 Å². The van der Waals surface area contributed by atoms with Gasteiger partial charge in [0, 0.05) is 17.4 Å². The molecule has 0 unspecified atom stereocenters. The van der Waals surface area contributed by atoms with E-state index in [2.05, 4.69) is 10.3 Å². The third-order valence-corrected chi connectivity index (χ3v) is 4.55. The average Bonchev–Trinajstić information content (AvgIpc) is 2.87. The fourth-order valence-electron chi connectivity index (χ4n) is 3.23. The van der Waals surface area contributed by atoms with Gasteiger partial charge in [0.15, 0.2) is 0 Å². The fourth-order valence-corrected chi connectivity index (χ4v) is 3.23. The lowest BCUT2D eigenvalue weighted by atomic mass is 9.95. The monoisotopic (exact) mass is 343 g/mol. The molecule has 0 bridgehead atoms. The highest BCUT2D eigenvalue weighted by Crippen LogP contribution is 2.22. The minimum Gasteiger partial charge on any atom is -0.462 e. The van der Waals surface area contributed by atoms with Crippen molar-refractivity contribution in [2.75, 3.05) is 6.61 Å². The number of hydrogen-bond acceptors (Lipinski definition) is 4. The summed E-state index contributed by atoms with van der Waals surface area (Å²) in [5, 5.41) is 12.3. The Kier molecular flexibility index (Phi) is 6.40. The number of esters is 1. The molecule has 1 aromatic rings. The van der Waals surface area contributed by atoms with Crippen LogP contribution in [0.15, 0.2) is 5.57 Å². The first-order valence-electron chi connectivity index (χ1n) is 8.76. The number of ether oxygens (including phenoxy) is 1. The molecule has 2 N–H and O–H groups in total. The number of aryl methyl sites for hydroxylation is 1. The molecule has 0 atom stereocenters. The van der Waals surface area contributed by atoms with Crippen LogP contribution in [-0.4, -0.2) is 29.5 Å². The molecule has 0 aliphatic heterocycles. The summed E-state index contributed by atoms with van der Waals surface area (Å²) in [5.41, 5.74) is 2.40. The summed E-state index contributed by atoms with van der Waals surface area (Å²) in [7, 11) is 0. The van der Waals surface area contributed by atoms with E-state index in [1.807, 2.05) is 6.07 Å². The van der Waals surface area contributed by atoms with Gasteiger partial charge >= 0.3 is 5.97 Å². The van der Waals surface area contributed by atoms with Crippen LogP contribution in [0.25, 0.3) is 6.08 Å². The maximum Gasteiger partial charge on any atom is 0.340 e. The Bertz CT molecular complexity index is 719. The van der Waals surface area contributed by atoms with Gasteiger partial charge in [-0.05, 0) is 45.3 Å². The molecule has 6 heteroatoms. The van der Waals surface area contributed by atoms with E-state index in [4.69, 9.17) is 4.74 Å². The number of nitrogens with one attached hydrogen (secondary N) is 2. The van der Waals surface area contributed by atoms with Gasteiger partial charge in [-0.15, -0.1) is 0 Å². The Morgan fingerprint density at radius 2 is 2.00 bits per heavy atom. The summed E-state index contributed by atoms with van der Waals surface area (Å²) in [6.45, 7) is 5.58. The standard InChI is InChI=1S/C19H25N3O3/c1-4-25-19(24)17-12(2)16(21-13(17)3)10-14(11-20)18(23)22-15-8-6-5-7-9-15/h10,15,21H,4-9H2,1-3H3,(H,22,23)/b14-10+. The topological polar surface area (TPSA) is 95.0 Å². The highest BCUT2D eigenvalue weighted by Gasteiger charge is 2.21. The lowest BCUT2D eigenvalue weighted by Gasteiger charge is -2.22. The van der Waals surface area contributed by atoms with E-state index in [9.17, 15) is 14.9 Å². The molecule has 25 heavy (non-hydrogen) atoms. The summed E-state index contributed by atoms with van der Waals surface area (Å²) in [5.74, 6) is -0.766. The predicted octanol–water partition coefficient (Wildman–Crippen LogP) is 3.16. The quantitative estimate of drug-likeness (QED) is 0.488. The van der Waals surface area contributed by atoms with Gasteiger partial charge in [0.1, 0.15) is 11.6 Å². The van der Waals surface area contributed by atoms with Crippen molar-refractivity contribution in [2.45, 2.75) is 58.9 Å². The number of hydrogen-bond donors (Lipinski definition) is 2. The number of nitrogens with zero attached hydrogens (tertiary/aromatic N) is 1. The number of amides is 1. The molecule has 0 saturated heterocycles. The molecule has 6 nitrogen and oxygen atoms in total. The summed E-state index contributed by atoms with van der Waals surface area (Å²) in [6.07, 6.45) is 6.83. The zero-order valence-electron chi connectivity index (χ0n) is 15.1. The van der Waals surface area contributed by atoms with Gasteiger partial charge in [-0.1, -0.05) is 19.3 Å². The largest absolute Gasteiger partial charge is 0.462 e. The molecule has 0 spiro atoms. The van der Waals surface area contributed by atoms with E-state index in [0.717, 1.165) is 25.7 Å². The van der Waals surface area contributed by atoms with E-state index in [1.165, 1.54) is 12.5 Å². The van der Waals surface area contributed by atoms with Crippen molar-refractivity contribution in [3.8, 4) is 6.07 Å². The Hall–Kier alpha value is -2.55. The van der Waals surface area contributed by atoms with Crippen molar-refractivity contribution in [2.24, 2.45) is 0 Å². The summed E-state index contributed by atoms with van der Waals surface area (Å²) in [6, 6.07) is 2.10. The minimum atomic E-state index is -0.404.